The number of rotatable bonds is 4. The molecule has 2 aromatic rings. The second kappa shape index (κ2) is 6.12. The van der Waals surface area contributed by atoms with Crippen LogP contribution in [0.5, 0.6) is 5.75 Å². The van der Waals surface area contributed by atoms with Gasteiger partial charge in [0, 0.05) is 7.05 Å². The van der Waals surface area contributed by atoms with Gasteiger partial charge in [0.25, 0.3) is 0 Å². The predicted molar refractivity (Wildman–Crippen MR) is 85.8 cm³/mol. The summed E-state index contributed by atoms with van der Waals surface area (Å²) in [4.78, 5) is 8.57. The number of ether oxygens (including phenoxy) is 1. The minimum Gasteiger partial charge on any atom is -0.487 e. The lowest BCUT2D eigenvalue weighted by Gasteiger charge is -2.23. The van der Waals surface area contributed by atoms with Gasteiger partial charge in [0.05, 0.1) is 18.1 Å². The van der Waals surface area contributed by atoms with Crippen LogP contribution in [-0.4, -0.2) is 17.0 Å². The monoisotopic (exact) mass is 285 g/mol. The van der Waals surface area contributed by atoms with Crippen LogP contribution in [0.15, 0.2) is 30.6 Å². The van der Waals surface area contributed by atoms with Crippen molar-refractivity contribution in [2.24, 2.45) is 0 Å². The Morgan fingerprint density at radius 3 is 2.48 bits per heavy atom. The van der Waals surface area contributed by atoms with Crippen molar-refractivity contribution in [2.45, 2.75) is 39.7 Å². The maximum atomic E-state index is 5.98. The van der Waals surface area contributed by atoms with E-state index in [9.17, 15) is 0 Å². The molecule has 2 rings (SSSR count). The van der Waals surface area contributed by atoms with E-state index in [0.29, 0.717) is 6.61 Å². The van der Waals surface area contributed by atoms with E-state index < -0.39 is 0 Å². The van der Waals surface area contributed by atoms with Crippen molar-refractivity contribution in [1.29, 1.82) is 0 Å². The summed E-state index contributed by atoms with van der Waals surface area (Å²) in [7, 11) is 1.82. The summed E-state index contributed by atoms with van der Waals surface area (Å²) in [6.45, 7) is 9.05. The van der Waals surface area contributed by atoms with Crippen LogP contribution in [0.1, 0.15) is 37.6 Å². The van der Waals surface area contributed by atoms with Gasteiger partial charge < -0.3 is 10.1 Å². The Morgan fingerprint density at radius 2 is 1.90 bits per heavy atom. The molecule has 1 aromatic heterocycles. The van der Waals surface area contributed by atoms with Gasteiger partial charge in [-0.3, -0.25) is 4.98 Å². The minimum atomic E-state index is 0.0463. The first-order valence-corrected chi connectivity index (χ1v) is 7.13. The molecule has 0 amide bonds. The third-order valence-corrected chi connectivity index (χ3v) is 3.28. The lowest BCUT2D eigenvalue weighted by atomic mass is 9.86. The SMILES string of the molecule is CNc1cnc(COc2cc(C)ccc2C(C)(C)C)cn1. The second-order valence-electron chi connectivity index (χ2n) is 6.18. The number of aromatic nitrogens is 2. The fourth-order valence-electron chi connectivity index (χ4n) is 2.08. The van der Waals surface area contributed by atoms with Gasteiger partial charge in [0.2, 0.25) is 0 Å². The van der Waals surface area contributed by atoms with Crippen LogP contribution < -0.4 is 10.1 Å². The number of anilines is 1. The fourth-order valence-corrected chi connectivity index (χ4v) is 2.08. The van der Waals surface area contributed by atoms with Crippen LogP contribution in [-0.2, 0) is 12.0 Å². The molecule has 0 aliphatic carbocycles. The number of hydrogen-bond acceptors (Lipinski definition) is 4. The van der Waals surface area contributed by atoms with Crippen LogP contribution in [0, 0.1) is 6.92 Å². The van der Waals surface area contributed by atoms with E-state index in [1.807, 2.05) is 7.05 Å². The fraction of sp³-hybridized carbons (Fsp3) is 0.412. The van der Waals surface area contributed by atoms with E-state index in [1.165, 1.54) is 11.1 Å². The number of hydrogen-bond donors (Lipinski definition) is 1. The van der Waals surface area contributed by atoms with E-state index >= 15 is 0 Å². The standard InChI is InChI=1S/C17H23N3O/c1-12-6-7-14(17(2,3)4)15(8-12)21-11-13-9-20-16(18-5)10-19-13/h6-10H,11H2,1-5H3,(H,18,20). The topological polar surface area (TPSA) is 47.0 Å². The first-order chi connectivity index (χ1) is 9.90. The Morgan fingerprint density at radius 1 is 1.14 bits per heavy atom. The van der Waals surface area contributed by atoms with Gasteiger partial charge in [0.15, 0.2) is 0 Å². The van der Waals surface area contributed by atoms with Crippen LogP contribution in [0.3, 0.4) is 0 Å². The lowest BCUT2D eigenvalue weighted by molar-refractivity contribution is 0.292. The molecule has 0 fully saturated rings. The summed E-state index contributed by atoms with van der Waals surface area (Å²) in [5.41, 5.74) is 3.25. The Labute approximate surface area is 126 Å². The van der Waals surface area contributed by atoms with E-state index in [4.69, 9.17) is 4.74 Å². The molecule has 21 heavy (non-hydrogen) atoms. The largest absolute Gasteiger partial charge is 0.487 e. The van der Waals surface area contributed by atoms with E-state index in [2.05, 4.69) is 61.2 Å². The van der Waals surface area contributed by atoms with Gasteiger partial charge >= 0.3 is 0 Å². The number of nitrogens with one attached hydrogen (secondary N) is 1. The van der Waals surface area contributed by atoms with Crippen molar-refractivity contribution in [1.82, 2.24) is 9.97 Å². The third kappa shape index (κ3) is 3.94. The van der Waals surface area contributed by atoms with Gasteiger partial charge in [-0.2, -0.15) is 0 Å². The zero-order valence-electron chi connectivity index (χ0n) is 13.4. The maximum Gasteiger partial charge on any atom is 0.144 e. The molecule has 0 spiro atoms. The Balaban J connectivity index is 2.17. The first kappa shape index (κ1) is 15.3. The first-order valence-electron chi connectivity index (χ1n) is 7.13. The van der Waals surface area contributed by atoms with Crippen molar-refractivity contribution < 1.29 is 4.74 Å². The average Bonchev–Trinajstić information content (AvgIpc) is 2.44. The maximum absolute atomic E-state index is 5.98. The van der Waals surface area contributed by atoms with E-state index in [0.717, 1.165) is 17.3 Å². The van der Waals surface area contributed by atoms with Crippen molar-refractivity contribution in [3.05, 3.63) is 47.4 Å². The molecule has 0 saturated heterocycles. The van der Waals surface area contributed by atoms with E-state index in [1.54, 1.807) is 12.4 Å². The minimum absolute atomic E-state index is 0.0463. The Hall–Kier alpha value is -2.10. The van der Waals surface area contributed by atoms with Gasteiger partial charge in [-0.15, -0.1) is 0 Å². The number of aryl methyl sites for hydroxylation is 1. The highest BCUT2D eigenvalue weighted by Gasteiger charge is 2.19. The molecule has 1 heterocycles. The van der Waals surface area contributed by atoms with Crippen LogP contribution in [0.4, 0.5) is 5.82 Å². The molecule has 0 aliphatic heterocycles. The molecule has 112 valence electrons. The molecule has 4 nitrogen and oxygen atoms in total. The number of nitrogens with zero attached hydrogens (tertiary/aromatic N) is 2. The quantitative estimate of drug-likeness (QED) is 0.930. The van der Waals surface area contributed by atoms with Gasteiger partial charge in [-0.25, -0.2) is 4.98 Å². The van der Waals surface area contributed by atoms with E-state index in [-0.39, 0.29) is 5.41 Å². The van der Waals surface area contributed by atoms with Crippen LogP contribution >= 0.6 is 0 Å². The molecule has 0 saturated carbocycles. The Bertz CT molecular complexity index is 600. The highest BCUT2D eigenvalue weighted by atomic mass is 16.5. The summed E-state index contributed by atoms with van der Waals surface area (Å²) < 4.78 is 5.98. The highest BCUT2D eigenvalue weighted by molar-refractivity contribution is 5.41. The summed E-state index contributed by atoms with van der Waals surface area (Å²) in [5.74, 6) is 1.67. The van der Waals surface area contributed by atoms with Gasteiger partial charge in [0.1, 0.15) is 18.2 Å². The summed E-state index contributed by atoms with van der Waals surface area (Å²) in [6, 6.07) is 6.34. The summed E-state index contributed by atoms with van der Waals surface area (Å²) >= 11 is 0. The zero-order chi connectivity index (χ0) is 15.5. The molecule has 0 atom stereocenters. The molecule has 4 heteroatoms. The average molecular weight is 285 g/mol. The Kier molecular flexibility index (Phi) is 4.46. The third-order valence-electron chi connectivity index (χ3n) is 3.28. The number of benzene rings is 1. The highest BCUT2D eigenvalue weighted by Crippen LogP contribution is 2.32. The molecule has 0 radical (unpaired) electrons. The van der Waals surface area contributed by atoms with Crippen LogP contribution in [0.2, 0.25) is 0 Å². The van der Waals surface area contributed by atoms with Gasteiger partial charge in [-0.05, 0) is 29.5 Å². The lowest BCUT2D eigenvalue weighted by Crippen LogP contribution is -2.14. The summed E-state index contributed by atoms with van der Waals surface area (Å²) in [5, 5.41) is 2.95. The molecule has 1 aromatic carbocycles. The van der Waals surface area contributed by atoms with Crippen LogP contribution in [0.25, 0.3) is 0 Å². The van der Waals surface area contributed by atoms with Gasteiger partial charge in [-0.1, -0.05) is 32.9 Å². The predicted octanol–water partition coefficient (Wildman–Crippen LogP) is 3.70. The van der Waals surface area contributed by atoms with Crippen molar-refractivity contribution >= 4 is 5.82 Å². The molecule has 0 bridgehead atoms. The van der Waals surface area contributed by atoms with Crippen molar-refractivity contribution in [3.8, 4) is 5.75 Å². The molecule has 0 unspecified atom stereocenters. The molecule has 0 aliphatic rings. The normalized spacial score (nSPS) is 11.3. The summed E-state index contributed by atoms with van der Waals surface area (Å²) in [6.07, 6.45) is 3.44. The zero-order valence-corrected chi connectivity index (χ0v) is 13.4. The van der Waals surface area contributed by atoms with Crippen molar-refractivity contribution in [3.63, 3.8) is 0 Å². The second-order valence-corrected chi connectivity index (χ2v) is 6.18. The molecular formula is C17H23N3O. The smallest absolute Gasteiger partial charge is 0.144 e. The molecule has 1 N–H and O–H groups in total. The molecular weight excluding hydrogens is 262 g/mol. The van der Waals surface area contributed by atoms with Crippen molar-refractivity contribution in [2.75, 3.05) is 12.4 Å².